The molecular weight excluding hydrogens is 422 g/mol. The van der Waals surface area contributed by atoms with Crippen LogP contribution in [0.15, 0.2) is 28.1 Å². The monoisotopic (exact) mass is 441 g/mol. The van der Waals surface area contributed by atoms with Gasteiger partial charge in [-0.15, -0.1) is 11.3 Å². The van der Waals surface area contributed by atoms with Crippen LogP contribution in [0.2, 0.25) is 0 Å². The maximum atomic E-state index is 11.9. The van der Waals surface area contributed by atoms with E-state index in [1.165, 1.54) is 0 Å². The van der Waals surface area contributed by atoms with E-state index in [1.807, 2.05) is 37.4 Å². The van der Waals surface area contributed by atoms with Gasteiger partial charge in [0.2, 0.25) is 11.8 Å². The Morgan fingerprint density at radius 3 is 2.76 bits per heavy atom. The molecule has 1 heterocycles. The zero-order valence-electron chi connectivity index (χ0n) is 14.1. The van der Waals surface area contributed by atoms with E-state index < -0.39 is 0 Å². The van der Waals surface area contributed by atoms with Crippen molar-refractivity contribution in [3.05, 3.63) is 44.3 Å². The van der Waals surface area contributed by atoms with Gasteiger partial charge in [0.25, 0.3) is 0 Å². The van der Waals surface area contributed by atoms with Crippen LogP contribution in [0.25, 0.3) is 0 Å². The Balaban J connectivity index is 1.63. The summed E-state index contributed by atoms with van der Waals surface area (Å²) in [6.45, 7) is 3.87. The molecule has 1 aromatic heterocycles. The molecule has 0 spiro atoms. The van der Waals surface area contributed by atoms with E-state index in [9.17, 15) is 9.59 Å². The minimum absolute atomic E-state index is 0.0235. The largest absolute Gasteiger partial charge is 0.347 e. The Labute approximate surface area is 164 Å². The van der Waals surface area contributed by atoms with Gasteiger partial charge < -0.3 is 10.6 Å². The second kappa shape index (κ2) is 9.94. The molecule has 0 unspecified atom stereocenters. The number of hydrogen-bond donors (Lipinski definition) is 2. The van der Waals surface area contributed by atoms with Crippen LogP contribution in [-0.2, 0) is 15.3 Å². The lowest BCUT2D eigenvalue weighted by atomic mass is 10.2. The molecular formula is C17H20BrN3O2S2. The van der Waals surface area contributed by atoms with Crippen molar-refractivity contribution in [2.45, 2.75) is 26.0 Å². The number of carbonyl (C=O) groups excluding carboxylic acids is 2. The Kier molecular flexibility index (Phi) is 7.92. The van der Waals surface area contributed by atoms with Gasteiger partial charge in [-0.05, 0) is 37.6 Å². The summed E-state index contributed by atoms with van der Waals surface area (Å²) in [5.41, 5.74) is 2.76. The fourth-order valence-electron chi connectivity index (χ4n) is 2.05. The Bertz CT molecular complexity index is 749. The molecule has 0 radical (unpaired) electrons. The van der Waals surface area contributed by atoms with Gasteiger partial charge in [0, 0.05) is 33.5 Å². The number of rotatable bonds is 8. The Morgan fingerprint density at radius 1 is 1.28 bits per heavy atom. The van der Waals surface area contributed by atoms with Crippen molar-refractivity contribution in [2.75, 3.05) is 17.6 Å². The quantitative estimate of drug-likeness (QED) is 0.609. The number of aromatic nitrogens is 1. The third-order valence-electron chi connectivity index (χ3n) is 3.30. The predicted octanol–water partition coefficient (Wildman–Crippen LogP) is 3.90. The molecule has 0 atom stereocenters. The number of hydrogen-bond acceptors (Lipinski definition) is 5. The van der Waals surface area contributed by atoms with Crippen LogP contribution in [0.5, 0.6) is 0 Å². The lowest BCUT2D eigenvalue weighted by Crippen LogP contribution is -2.33. The van der Waals surface area contributed by atoms with Gasteiger partial charge in [0.1, 0.15) is 0 Å². The standard InChI is InChI=1S/C17H20BrN3O2S2/c1-11-7-13(18)3-4-15(11)21-17(23)8-19-16(22)5-6-24-9-14-10-25-12(2)20-14/h3-4,7,10H,5-6,8-9H2,1-2H3,(H,19,22)(H,21,23). The summed E-state index contributed by atoms with van der Waals surface area (Å²) in [7, 11) is 0. The number of thioether (sulfide) groups is 1. The summed E-state index contributed by atoms with van der Waals surface area (Å²) >= 11 is 6.68. The van der Waals surface area contributed by atoms with Gasteiger partial charge in [-0.1, -0.05) is 15.9 Å². The first-order valence-electron chi connectivity index (χ1n) is 7.75. The van der Waals surface area contributed by atoms with Crippen LogP contribution in [-0.4, -0.2) is 29.1 Å². The molecule has 2 N–H and O–H groups in total. The van der Waals surface area contributed by atoms with Crippen molar-refractivity contribution in [3.8, 4) is 0 Å². The third kappa shape index (κ3) is 7.17. The van der Waals surface area contributed by atoms with Crippen LogP contribution in [0.3, 0.4) is 0 Å². The van der Waals surface area contributed by atoms with Crippen molar-refractivity contribution in [2.24, 2.45) is 0 Å². The first-order valence-corrected chi connectivity index (χ1v) is 10.6. The summed E-state index contributed by atoms with van der Waals surface area (Å²) in [6, 6.07) is 5.62. The molecule has 0 aliphatic carbocycles. The van der Waals surface area contributed by atoms with Crippen molar-refractivity contribution in [3.63, 3.8) is 0 Å². The maximum Gasteiger partial charge on any atom is 0.243 e. The van der Waals surface area contributed by atoms with Crippen LogP contribution >= 0.6 is 39.0 Å². The van der Waals surface area contributed by atoms with Crippen LogP contribution in [0.4, 0.5) is 5.69 Å². The highest BCUT2D eigenvalue weighted by atomic mass is 79.9. The Hall–Kier alpha value is -1.38. The molecule has 0 aliphatic heterocycles. The number of nitrogens with one attached hydrogen (secondary N) is 2. The average molecular weight is 442 g/mol. The summed E-state index contributed by atoms with van der Waals surface area (Å²) in [6.07, 6.45) is 0.387. The number of aryl methyl sites for hydroxylation is 2. The zero-order chi connectivity index (χ0) is 18.2. The van der Waals surface area contributed by atoms with Crippen molar-refractivity contribution in [1.29, 1.82) is 0 Å². The maximum absolute atomic E-state index is 11.9. The Morgan fingerprint density at radius 2 is 2.08 bits per heavy atom. The molecule has 25 heavy (non-hydrogen) atoms. The number of halogens is 1. The van der Waals surface area contributed by atoms with E-state index in [0.29, 0.717) is 12.2 Å². The zero-order valence-corrected chi connectivity index (χ0v) is 17.3. The van der Waals surface area contributed by atoms with E-state index in [1.54, 1.807) is 23.1 Å². The van der Waals surface area contributed by atoms with Gasteiger partial charge in [-0.3, -0.25) is 9.59 Å². The number of thiazole rings is 1. The minimum atomic E-state index is -0.232. The predicted molar refractivity (Wildman–Crippen MR) is 108 cm³/mol. The van der Waals surface area contributed by atoms with Crippen molar-refractivity contribution < 1.29 is 9.59 Å². The molecule has 0 saturated carbocycles. The summed E-state index contributed by atoms with van der Waals surface area (Å²) in [4.78, 5) is 28.1. The summed E-state index contributed by atoms with van der Waals surface area (Å²) < 4.78 is 0.960. The van der Waals surface area contributed by atoms with E-state index in [0.717, 1.165) is 32.2 Å². The highest BCUT2D eigenvalue weighted by molar-refractivity contribution is 9.10. The second-order valence-corrected chi connectivity index (χ2v) is 8.53. The molecule has 0 fully saturated rings. The molecule has 0 bridgehead atoms. The van der Waals surface area contributed by atoms with Gasteiger partial charge in [0.15, 0.2) is 0 Å². The lowest BCUT2D eigenvalue weighted by Gasteiger charge is -2.09. The van der Waals surface area contributed by atoms with Crippen molar-refractivity contribution in [1.82, 2.24) is 10.3 Å². The molecule has 8 heteroatoms. The number of anilines is 1. The normalized spacial score (nSPS) is 10.5. The smallest absolute Gasteiger partial charge is 0.243 e. The minimum Gasteiger partial charge on any atom is -0.347 e. The summed E-state index contributed by atoms with van der Waals surface area (Å²) in [5, 5.41) is 8.54. The first-order chi connectivity index (χ1) is 11.9. The fourth-order valence-corrected chi connectivity index (χ4v) is 4.07. The molecule has 0 aliphatic rings. The second-order valence-electron chi connectivity index (χ2n) is 5.44. The molecule has 134 valence electrons. The average Bonchev–Trinajstić information content (AvgIpc) is 2.98. The summed E-state index contributed by atoms with van der Waals surface area (Å²) in [5.74, 6) is 1.16. The van der Waals surface area contributed by atoms with Gasteiger partial charge in [0.05, 0.1) is 17.2 Å². The van der Waals surface area contributed by atoms with Crippen LogP contribution in [0, 0.1) is 13.8 Å². The number of amides is 2. The molecule has 2 rings (SSSR count). The highest BCUT2D eigenvalue weighted by Gasteiger charge is 2.08. The molecule has 5 nitrogen and oxygen atoms in total. The molecule has 0 saturated heterocycles. The molecule has 2 amide bonds. The topological polar surface area (TPSA) is 71.1 Å². The van der Waals surface area contributed by atoms with Crippen molar-refractivity contribution >= 4 is 56.5 Å². The third-order valence-corrected chi connectivity index (χ3v) is 5.61. The molecule has 2 aromatic rings. The van der Waals surface area contributed by atoms with Crippen LogP contribution in [0.1, 0.15) is 22.7 Å². The van der Waals surface area contributed by atoms with E-state index in [2.05, 4.69) is 31.5 Å². The lowest BCUT2D eigenvalue weighted by molar-refractivity contribution is -0.123. The van der Waals surface area contributed by atoms with Gasteiger partial charge in [-0.2, -0.15) is 11.8 Å². The SMILES string of the molecule is Cc1nc(CSCCC(=O)NCC(=O)Nc2ccc(Br)cc2C)cs1. The van der Waals surface area contributed by atoms with Gasteiger partial charge in [-0.25, -0.2) is 4.98 Å². The number of carbonyl (C=O) groups is 2. The molecule has 1 aromatic carbocycles. The number of benzene rings is 1. The highest BCUT2D eigenvalue weighted by Crippen LogP contribution is 2.19. The van der Waals surface area contributed by atoms with E-state index >= 15 is 0 Å². The van der Waals surface area contributed by atoms with Gasteiger partial charge >= 0.3 is 0 Å². The van der Waals surface area contributed by atoms with E-state index in [-0.39, 0.29) is 18.4 Å². The number of nitrogens with zero attached hydrogens (tertiary/aromatic N) is 1. The first kappa shape index (κ1) is 19.9. The van der Waals surface area contributed by atoms with E-state index in [4.69, 9.17) is 0 Å². The van der Waals surface area contributed by atoms with Crippen LogP contribution < -0.4 is 10.6 Å². The fraction of sp³-hybridized carbons (Fsp3) is 0.353.